The Morgan fingerprint density at radius 2 is 1.93 bits per heavy atom. The Morgan fingerprint density at radius 1 is 1.18 bits per heavy atom. The van der Waals surface area contributed by atoms with Crippen molar-refractivity contribution in [2.24, 2.45) is 5.92 Å². The van der Waals surface area contributed by atoms with Crippen LogP contribution in [0.4, 0.5) is 38.4 Å². The smallest absolute Gasteiger partial charge is 0.420 e. The first-order valence-electron chi connectivity index (χ1n) is 12.8. The number of nitrogens with zero attached hydrogens (tertiary/aromatic N) is 6. The summed E-state index contributed by atoms with van der Waals surface area (Å²) in [5.74, 6) is 0.519. The molecule has 10 nitrogen and oxygen atoms in total. The molecule has 0 spiro atoms. The Balaban J connectivity index is 1.28. The summed E-state index contributed by atoms with van der Waals surface area (Å²) in [4.78, 5) is 22.1. The quantitative estimate of drug-likeness (QED) is 0.305. The topological polar surface area (TPSA) is 114 Å². The lowest BCUT2D eigenvalue weighted by Crippen LogP contribution is -2.45. The van der Waals surface area contributed by atoms with Gasteiger partial charge < -0.3 is 10.1 Å². The van der Waals surface area contributed by atoms with Crippen LogP contribution in [0, 0.1) is 5.92 Å². The molecule has 0 saturated heterocycles. The van der Waals surface area contributed by atoms with Gasteiger partial charge in [-0.3, -0.25) is 14.7 Å². The molecule has 40 heavy (non-hydrogen) atoms. The van der Waals surface area contributed by atoms with Gasteiger partial charge in [-0.1, -0.05) is 11.6 Å². The fourth-order valence-corrected chi connectivity index (χ4v) is 4.93. The number of alkyl halides is 5. The van der Waals surface area contributed by atoms with Gasteiger partial charge in [0.05, 0.1) is 16.9 Å². The number of anilines is 2. The minimum atomic E-state index is -4.72. The maximum absolute atomic E-state index is 13.6. The Labute approximate surface area is 230 Å². The van der Waals surface area contributed by atoms with Crippen molar-refractivity contribution < 1.29 is 31.5 Å². The highest BCUT2D eigenvalue weighted by atomic mass is 35.5. The number of carbonyl (C=O) groups is 1. The summed E-state index contributed by atoms with van der Waals surface area (Å²) in [5, 5.41) is 13.6. The van der Waals surface area contributed by atoms with Crippen LogP contribution in [-0.2, 0) is 17.5 Å². The van der Waals surface area contributed by atoms with E-state index in [1.165, 1.54) is 17.3 Å². The van der Waals surface area contributed by atoms with Crippen LogP contribution in [0.2, 0.25) is 5.02 Å². The number of amides is 1. The number of carbonyl (C=O) groups excluding carboxylic acids is 1. The third-order valence-corrected chi connectivity index (χ3v) is 7.16. The van der Waals surface area contributed by atoms with E-state index < -0.39 is 36.6 Å². The van der Waals surface area contributed by atoms with Crippen LogP contribution in [-0.4, -0.2) is 61.2 Å². The molecular formula is C24H26ClF5N8O2. The second-order valence-electron chi connectivity index (χ2n) is 9.89. The predicted octanol–water partition coefficient (Wildman–Crippen LogP) is 5.78. The molecule has 2 saturated carbocycles. The van der Waals surface area contributed by atoms with Gasteiger partial charge in [-0.15, -0.1) is 0 Å². The van der Waals surface area contributed by atoms with Crippen molar-refractivity contribution >= 4 is 29.3 Å². The molecule has 2 aliphatic rings. The number of H-pyrrole nitrogens is 1. The molecule has 0 aliphatic heterocycles. The maximum atomic E-state index is 13.6. The lowest BCUT2D eigenvalue weighted by Gasteiger charge is -2.35. The van der Waals surface area contributed by atoms with Gasteiger partial charge in [-0.2, -0.15) is 23.4 Å². The van der Waals surface area contributed by atoms with Crippen molar-refractivity contribution in [1.29, 1.82) is 0 Å². The van der Waals surface area contributed by atoms with E-state index in [4.69, 9.17) is 16.3 Å². The molecule has 216 valence electrons. The fourth-order valence-electron chi connectivity index (χ4n) is 4.75. The summed E-state index contributed by atoms with van der Waals surface area (Å²) < 4.78 is 72.8. The number of aromatic amines is 1. The molecule has 3 heterocycles. The monoisotopic (exact) mass is 588 g/mol. The van der Waals surface area contributed by atoms with Crippen molar-refractivity contribution in [1.82, 2.24) is 29.9 Å². The lowest BCUT2D eigenvalue weighted by atomic mass is 9.90. The molecule has 0 bridgehead atoms. The minimum absolute atomic E-state index is 0.0186. The Bertz CT molecular complexity index is 1320. The molecule has 0 unspecified atom stereocenters. The molecule has 2 fully saturated rings. The van der Waals surface area contributed by atoms with E-state index in [1.807, 2.05) is 0 Å². The van der Waals surface area contributed by atoms with Crippen molar-refractivity contribution in [3.63, 3.8) is 0 Å². The summed E-state index contributed by atoms with van der Waals surface area (Å²) >= 11 is 6.00. The van der Waals surface area contributed by atoms with Crippen LogP contribution in [0.3, 0.4) is 0 Å². The standard InChI is InChI=1S/C24H26ClF5N8O2/c25-18-9-32-36-21(18)20-17(24(28,29)30)8-31-22(35-20)34-14-3-5-15(6-4-14)38(23(39)40-12-19(26)27)16-7-33-37(11-16)10-13-1-2-13/h7-9,11,13-15,19H,1-6,10,12H2,(H,32,36)(H,31,34,35)/t14-,15-. The van der Waals surface area contributed by atoms with Gasteiger partial charge in [-0.05, 0) is 44.4 Å². The van der Waals surface area contributed by atoms with E-state index in [0.717, 1.165) is 19.4 Å². The van der Waals surface area contributed by atoms with Gasteiger partial charge in [0.15, 0.2) is 6.61 Å². The number of aromatic nitrogens is 6. The molecule has 3 aromatic rings. The molecular weight excluding hydrogens is 563 g/mol. The van der Waals surface area contributed by atoms with Gasteiger partial charge in [0, 0.05) is 37.2 Å². The molecule has 0 atom stereocenters. The van der Waals surface area contributed by atoms with Gasteiger partial charge >= 0.3 is 12.3 Å². The Hall–Kier alpha value is -3.49. The number of hydrogen-bond donors (Lipinski definition) is 2. The van der Waals surface area contributed by atoms with Crippen molar-refractivity contribution in [3.8, 4) is 11.4 Å². The van der Waals surface area contributed by atoms with Crippen molar-refractivity contribution in [2.75, 3.05) is 16.8 Å². The molecule has 0 aromatic carbocycles. The fraction of sp³-hybridized carbons (Fsp3) is 0.542. The van der Waals surface area contributed by atoms with Gasteiger partial charge in [0.2, 0.25) is 5.95 Å². The largest absolute Gasteiger partial charge is 0.443 e. The first-order valence-corrected chi connectivity index (χ1v) is 13.1. The Kier molecular flexibility index (Phi) is 8.10. The summed E-state index contributed by atoms with van der Waals surface area (Å²) in [6.45, 7) is -0.300. The number of rotatable bonds is 9. The third kappa shape index (κ3) is 6.62. The molecule has 2 aliphatic carbocycles. The molecule has 3 aromatic heterocycles. The van der Waals surface area contributed by atoms with Crippen LogP contribution in [0.5, 0.6) is 0 Å². The number of hydrogen-bond acceptors (Lipinski definition) is 7. The summed E-state index contributed by atoms with van der Waals surface area (Å²) in [5.41, 5.74) is -1.22. The van der Waals surface area contributed by atoms with E-state index in [1.54, 1.807) is 10.9 Å². The van der Waals surface area contributed by atoms with Crippen LogP contribution in [0.1, 0.15) is 44.1 Å². The summed E-state index contributed by atoms with van der Waals surface area (Å²) in [6, 6.07) is -0.569. The highest BCUT2D eigenvalue weighted by Gasteiger charge is 2.37. The normalized spacial score (nSPS) is 19.6. The zero-order valence-corrected chi connectivity index (χ0v) is 21.8. The predicted molar refractivity (Wildman–Crippen MR) is 134 cm³/mol. The van der Waals surface area contributed by atoms with E-state index in [9.17, 15) is 26.7 Å². The molecule has 2 N–H and O–H groups in total. The average molecular weight is 589 g/mol. The maximum Gasteiger partial charge on any atom is 0.420 e. The van der Waals surface area contributed by atoms with Crippen LogP contribution < -0.4 is 10.2 Å². The van der Waals surface area contributed by atoms with Crippen LogP contribution in [0.15, 0.2) is 24.8 Å². The van der Waals surface area contributed by atoms with E-state index in [0.29, 0.717) is 43.5 Å². The second kappa shape index (κ2) is 11.6. The first kappa shape index (κ1) is 28.1. The highest BCUT2D eigenvalue weighted by molar-refractivity contribution is 6.32. The second-order valence-corrected chi connectivity index (χ2v) is 10.3. The SMILES string of the molecule is O=C(OCC(F)F)N(c1cnn(CC2CC2)c1)[C@H]1CC[C@H](Nc2ncc(C(F)(F)F)c(-c3n[nH]cc3Cl)n2)CC1. The number of nitrogens with one attached hydrogen (secondary N) is 2. The van der Waals surface area contributed by atoms with E-state index >= 15 is 0 Å². The van der Waals surface area contributed by atoms with Gasteiger partial charge in [-0.25, -0.2) is 23.5 Å². The molecule has 1 amide bonds. The Morgan fingerprint density at radius 3 is 2.55 bits per heavy atom. The van der Waals surface area contributed by atoms with Gasteiger partial charge in [0.1, 0.15) is 17.0 Å². The molecule has 16 heteroatoms. The van der Waals surface area contributed by atoms with Crippen molar-refractivity contribution in [3.05, 3.63) is 35.4 Å². The van der Waals surface area contributed by atoms with E-state index in [2.05, 4.69) is 30.6 Å². The molecule has 5 rings (SSSR count). The highest BCUT2D eigenvalue weighted by Crippen LogP contribution is 2.38. The minimum Gasteiger partial charge on any atom is -0.443 e. The average Bonchev–Trinajstić information content (AvgIpc) is 3.43. The summed E-state index contributed by atoms with van der Waals surface area (Å²) in [7, 11) is 0. The van der Waals surface area contributed by atoms with Crippen molar-refractivity contribution in [2.45, 2.75) is 69.8 Å². The van der Waals surface area contributed by atoms with Gasteiger partial charge in [0.25, 0.3) is 6.43 Å². The summed E-state index contributed by atoms with van der Waals surface area (Å²) in [6.07, 6.45) is 0.940. The van der Waals surface area contributed by atoms with E-state index in [-0.39, 0.29) is 28.7 Å². The first-order chi connectivity index (χ1) is 19.1. The van der Waals surface area contributed by atoms with Crippen LogP contribution in [0.25, 0.3) is 11.4 Å². The third-order valence-electron chi connectivity index (χ3n) is 6.88. The number of halogens is 6. The zero-order chi connectivity index (χ0) is 28.4. The number of ether oxygens (including phenoxy) is 1. The zero-order valence-electron chi connectivity index (χ0n) is 21.0. The van der Waals surface area contributed by atoms with Crippen LogP contribution >= 0.6 is 11.6 Å². The lowest BCUT2D eigenvalue weighted by molar-refractivity contribution is -0.137. The molecule has 0 radical (unpaired) electrons.